The van der Waals surface area contributed by atoms with E-state index in [0.29, 0.717) is 0 Å². The second kappa shape index (κ2) is 23.7. The molecule has 0 atom stereocenters. The Balaban J connectivity index is 4.50. The van der Waals surface area contributed by atoms with Gasteiger partial charge in [-0.05, 0) is 68.2 Å². The van der Waals surface area contributed by atoms with Crippen molar-refractivity contribution in [2.45, 2.75) is 68.2 Å². The van der Waals surface area contributed by atoms with E-state index in [4.69, 9.17) is 0 Å². The van der Waals surface area contributed by atoms with Gasteiger partial charge in [0.15, 0.2) is 0 Å². The zero-order chi connectivity index (χ0) is 28.4. The molecule has 0 aliphatic carbocycles. The fraction of sp³-hybridized carbons (Fsp3) is 0.263. The normalized spacial score (nSPS) is 14.8. The zero-order valence-corrected chi connectivity index (χ0v) is 25.1. The Kier molecular flexibility index (Phi) is 21.5. The first-order chi connectivity index (χ1) is 18.2. The van der Waals surface area contributed by atoms with Crippen LogP contribution in [0.1, 0.15) is 68.2 Å². The van der Waals surface area contributed by atoms with Crippen molar-refractivity contribution in [3.8, 4) is 0 Å². The van der Waals surface area contributed by atoms with Gasteiger partial charge in [0.2, 0.25) is 0 Å². The standard InChI is InChI=1S/C38H50/c1-33(2)23-16-12-11-15-19-27-37(7)30-21-29-35(5)25-17-13-9-10-14-18-26-36(6)31-22-32-38(8)28-20-24-34(3)4/h9-11,13-15,17-32H,12,16H2,1-8H3. The zero-order valence-electron chi connectivity index (χ0n) is 25.1. The minimum atomic E-state index is 1.09. The molecule has 0 N–H and O–H groups in total. The van der Waals surface area contributed by atoms with Crippen molar-refractivity contribution in [1.82, 2.24) is 0 Å². The Morgan fingerprint density at radius 2 is 0.737 bits per heavy atom. The minimum Gasteiger partial charge on any atom is -0.0856 e. The molecular weight excluding hydrogens is 456 g/mol. The SMILES string of the molecule is CC(C)=CC=CC(C)=CC=CC(C)=CC=CC=CC=CC=C(C)C=CC=C(C)C=CC=CCCC=C(C)C. The van der Waals surface area contributed by atoms with Crippen LogP contribution in [0.5, 0.6) is 0 Å². The van der Waals surface area contributed by atoms with E-state index in [9.17, 15) is 0 Å². The molecule has 0 rings (SSSR count). The first-order valence-corrected chi connectivity index (χ1v) is 13.5. The Labute approximate surface area is 235 Å². The molecule has 0 aromatic heterocycles. The van der Waals surface area contributed by atoms with Crippen LogP contribution >= 0.6 is 0 Å². The van der Waals surface area contributed by atoms with E-state index in [1.54, 1.807) is 0 Å². The van der Waals surface area contributed by atoms with E-state index in [1.807, 2.05) is 24.3 Å². The highest BCUT2D eigenvalue weighted by atomic mass is 13.9. The minimum absolute atomic E-state index is 1.09. The van der Waals surface area contributed by atoms with Crippen LogP contribution in [0.2, 0.25) is 0 Å². The smallest absolute Gasteiger partial charge is 0.0313 e. The van der Waals surface area contributed by atoms with Crippen LogP contribution in [0.4, 0.5) is 0 Å². The monoisotopic (exact) mass is 506 g/mol. The topological polar surface area (TPSA) is 0 Å². The summed E-state index contributed by atoms with van der Waals surface area (Å²) >= 11 is 0. The fourth-order valence-corrected chi connectivity index (χ4v) is 2.84. The van der Waals surface area contributed by atoms with Crippen LogP contribution in [-0.4, -0.2) is 0 Å². The summed E-state index contributed by atoms with van der Waals surface area (Å²) in [6, 6.07) is 0. The molecule has 0 nitrogen and oxygen atoms in total. The summed E-state index contributed by atoms with van der Waals surface area (Å²) in [5, 5.41) is 0. The number of hydrogen-bond donors (Lipinski definition) is 0. The average Bonchev–Trinajstić information content (AvgIpc) is 2.84. The summed E-state index contributed by atoms with van der Waals surface area (Å²) in [7, 11) is 0. The van der Waals surface area contributed by atoms with Crippen LogP contribution in [0.15, 0.2) is 167 Å². The van der Waals surface area contributed by atoms with Crippen LogP contribution in [0.25, 0.3) is 0 Å². The van der Waals surface area contributed by atoms with Gasteiger partial charge < -0.3 is 0 Å². The van der Waals surface area contributed by atoms with E-state index in [0.717, 1.165) is 12.8 Å². The molecule has 0 aromatic carbocycles. The van der Waals surface area contributed by atoms with Crippen molar-refractivity contribution < 1.29 is 0 Å². The van der Waals surface area contributed by atoms with Gasteiger partial charge in [0.25, 0.3) is 0 Å². The van der Waals surface area contributed by atoms with Gasteiger partial charge >= 0.3 is 0 Å². The van der Waals surface area contributed by atoms with Crippen LogP contribution in [0, 0.1) is 0 Å². The van der Waals surface area contributed by atoms with Crippen molar-refractivity contribution in [2.75, 3.05) is 0 Å². The summed E-state index contributed by atoms with van der Waals surface area (Å²) in [5.74, 6) is 0. The lowest BCUT2D eigenvalue weighted by molar-refractivity contribution is 1.03. The lowest BCUT2D eigenvalue weighted by atomic mass is 10.2. The molecule has 0 spiro atoms. The van der Waals surface area contributed by atoms with Gasteiger partial charge in [-0.2, -0.15) is 0 Å². The van der Waals surface area contributed by atoms with Crippen molar-refractivity contribution in [3.05, 3.63) is 167 Å². The van der Waals surface area contributed by atoms with Gasteiger partial charge in [-0.25, -0.2) is 0 Å². The molecule has 0 fully saturated rings. The molecule has 0 unspecified atom stereocenters. The van der Waals surface area contributed by atoms with E-state index in [-0.39, 0.29) is 0 Å². The number of allylic oxidation sites excluding steroid dienone is 28. The summed E-state index contributed by atoms with van der Waals surface area (Å²) < 4.78 is 0. The highest BCUT2D eigenvalue weighted by Crippen LogP contribution is 2.03. The predicted molar refractivity (Wildman–Crippen MR) is 176 cm³/mol. The third-order valence-corrected chi connectivity index (χ3v) is 4.99. The highest BCUT2D eigenvalue weighted by molar-refractivity contribution is 5.31. The average molecular weight is 507 g/mol. The predicted octanol–water partition coefficient (Wildman–Crippen LogP) is 11.9. The van der Waals surface area contributed by atoms with Crippen molar-refractivity contribution in [3.63, 3.8) is 0 Å². The van der Waals surface area contributed by atoms with Crippen LogP contribution in [-0.2, 0) is 0 Å². The van der Waals surface area contributed by atoms with Gasteiger partial charge in [0.05, 0.1) is 0 Å². The molecule has 0 saturated carbocycles. The lowest BCUT2D eigenvalue weighted by Crippen LogP contribution is -1.69. The van der Waals surface area contributed by atoms with Gasteiger partial charge in [0.1, 0.15) is 0 Å². The number of hydrogen-bond acceptors (Lipinski definition) is 0. The molecule has 0 heterocycles. The second-order valence-corrected chi connectivity index (χ2v) is 9.76. The van der Waals surface area contributed by atoms with Crippen LogP contribution in [0.3, 0.4) is 0 Å². The van der Waals surface area contributed by atoms with Crippen molar-refractivity contribution >= 4 is 0 Å². The maximum Gasteiger partial charge on any atom is -0.0313 e. The van der Waals surface area contributed by atoms with Gasteiger partial charge in [0, 0.05) is 0 Å². The van der Waals surface area contributed by atoms with E-state index in [2.05, 4.69) is 165 Å². The molecular formula is C38H50. The molecule has 0 bridgehead atoms. The summed E-state index contributed by atoms with van der Waals surface area (Å²) in [4.78, 5) is 0. The maximum absolute atomic E-state index is 2.27. The molecule has 0 aromatic rings. The largest absolute Gasteiger partial charge is 0.0856 e. The van der Waals surface area contributed by atoms with E-state index < -0.39 is 0 Å². The van der Waals surface area contributed by atoms with Crippen molar-refractivity contribution in [1.29, 1.82) is 0 Å². The summed E-state index contributed by atoms with van der Waals surface area (Å²) in [6.45, 7) is 16.9. The van der Waals surface area contributed by atoms with Crippen molar-refractivity contribution in [2.24, 2.45) is 0 Å². The molecule has 0 radical (unpaired) electrons. The van der Waals surface area contributed by atoms with E-state index in [1.165, 1.54) is 33.4 Å². The van der Waals surface area contributed by atoms with Gasteiger partial charge in [-0.15, -0.1) is 0 Å². The molecule has 0 amide bonds. The molecule has 38 heavy (non-hydrogen) atoms. The Hall–Kier alpha value is -3.64. The Morgan fingerprint density at radius 1 is 0.342 bits per heavy atom. The Bertz CT molecular complexity index is 1090. The molecule has 0 heteroatoms. The molecule has 0 saturated heterocycles. The molecule has 202 valence electrons. The third-order valence-electron chi connectivity index (χ3n) is 4.99. The number of rotatable bonds is 15. The summed E-state index contributed by atoms with van der Waals surface area (Å²) in [5.41, 5.74) is 7.56. The number of unbranched alkanes of at least 4 members (excludes halogenated alkanes) is 1. The highest BCUT2D eigenvalue weighted by Gasteiger charge is 1.82. The maximum atomic E-state index is 2.27. The fourth-order valence-electron chi connectivity index (χ4n) is 2.84. The first kappa shape index (κ1) is 34.4. The molecule has 0 aliphatic heterocycles. The second-order valence-electron chi connectivity index (χ2n) is 9.76. The van der Waals surface area contributed by atoms with Crippen LogP contribution < -0.4 is 0 Å². The summed E-state index contributed by atoms with van der Waals surface area (Å²) in [6.07, 6.45) is 48.5. The quantitative estimate of drug-likeness (QED) is 0.118. The van der Waals surface area contributed by atoms with E-state index >= 15 is 0 Å². The third kappa shape index (κ3) is 25.5. The Morgan fingerprint density at radius 3 is 1.18 bits per heavy atom. The lowest BCUT2D eigenvalue weighted by Gasteiger charge is -1.90. The van der Waals surface area contributed by atoms with Gasteiger partial charge in [-0.1, -0.05) is 167 Å². The molecule has 0 aliphatic rings. The first-order valence-electron chi connectivity index (χ1n) is 13.5. The van der Waals surface area contributed by atoms with Gasteiger partial charge in [-0.3, -0.25) is 0 Å².